The van der Waals surface area contributed by atoms with E-state index in [1.54, 1.807) is 17.0 Å². The van der Waals surface area contributed by atoms with E-state index in [2.05, 4.69) is 5.32 Å². The molecule has 2 amide bonds. The fourth-order valence-corrected chi connectivity index (χ4v) is 4.10. The topological polar surface area (TPSA) is 49.4 Å². The summed E-state index contributed by atoms with van der Waals surface area (Å²) in [6.45, 7) is 0.659. The van der Waals surface area contributed by atoms with Crippen LogP contribution in [0.2, 0.25) is 5.02 Å². The first kappa shape index (κ1) is 24.2. The first-order valence-corrected chi connectivity index (χ1v) is 11.9. The van der Waals surface area contributed by atoms with Crippen molar-refractivity contribution < 1.29 is 9.59 Å². The van der Waals surface area contributed by atoms with E-state index in [1.165, 1.54) is 0 Å². The largest absolute Gasteiger partial charge is 0.350 e. The second kappa shape index (κ2) is 12.0. The van der Waals surface area contributed by atoms with Crippen LogP contribution in [0.15, 0.2) is 115 Å². The molecule has 35 heavy (non-hydrogen) atoms. The summed E-state index contributed by atoms with van der Waals surface area (Å²) in [5, 5.41) is 3.66. The summed E-state index contributed by atoms with van der Waals surface area (Å²) >= 11 is 6.08. The van der Waals surface area contributed by atoms with Crippen LogP contribution in [0.25, 0.3) is 0 Å². The van der Waals surface area contributed by atoms with E-state index in [1.807, 2.05) is 103 Å². The van der Waals surface area contributed by atoms with E-state index in [9.17, 15) is 9.59 Å². The second-order valence-corrected chi connectivity index (χ2v) is 8.76. The number of hydrogen-bond donors (Lipinski definition) is 1. The summed E-state index contributed by atoms with van der Waals surface area (Å²) in [5.41, 5.74) is 3.55. The maximum Gasteiger partial charge on any atom is 0.247 e. The van der Waals surface area contributed by atoms with Crippen LogP contribution in [0.1, 0.15) is 28.3 Å². The lowest BCUT2D eigenvalue weighted by Crippen LogP contribution is -2.43. The molecule has 1 atom stereocenters. The molecular formula is C30H27ClN2O2. The summed E-state index contributed by atoms with van der Waals surface area (Å²) < 4.78 is 0. The number of rotatable bonds is 9. The molecule has 0 bridgehead atoms. The van der Waals surface area contributed by atoms with Crippen LogP contribution in [0, 0.1) is 0 Å². The summed E-state index contributed by atoms with van der Waals surface area (Å²) in [5.74, 6) is -0.356. The van der Waals surface area contributed by atoms with E-state index in [0.717, 1.165) is 22.3 Å². The minimum Gasteiger partial charge on any atom is -0.350 e. The summed E-state index contributed by atoms with van der Waals surface area (Å²) in [6.07, 6.45) is 0.198. The monoisotopic (exact) mass is 482 g/mol. The molecule has 0 spiro atoms. The fraction of sp³-hybridized carbons (Fsp3) is 0.133. The standard InChI is InChI=1S/C30H27ClN2O2/c31-27-18-16-25(17-19-27)22-33(28(34)20-23-10-4-1-5-11-23)29(26-14-8-3-9-15-26)30(35)32-21-24-12-6-2-7-13-24/h1-19,29H,20-22H2,(H,32,35)/t29-/m0/s1. The molecule has 0 heterocycles. The molecule has 0 aliphatic carbocycles. The van der Waals surface area contributed by atoms with Crippen molar-refractivity contribution in [3.05, 3.63) is 143 Å². The van der Waals surface area contributed by atoms with Crippen molar-refractivity contribution >= 4 is 23.4 Å². The number of nitrogens with zero attached hydrogens (tertiary/aromatic N) is 1. The van der Waals surface area contributed by atoms with Gasteiger partial charge in [-0.1, -0.05) is 115 Å². The molecular weight excluding hydrogens is 456 g/mol. The van der Waals surface area contributed by atoms with Crippen LogP contribution in [0.3, 0.4) is 0 Å². The van der Waals surface area contributed by atoms with Gasteiger partial charge in [-0.3, -0.25) is 9.59 Å². The van der Waals surface area contributed by atoms with Crippen LogP contribution in [0.4, 0.5) is 0 Å². The molecule has 4 aromatic rings. The fourth-order valence-electron chi connectivity index (χ4n) is 3.97. The average Bonchev–Trinajstić information content (AvgIpc) is 2.90. The second-order valence-electron chi connectivity index (χ2n) is 8.33. The molecule has 0 saturated carbocycles. The Kier molecular flexibility index (Phi) is 8.31. The number of amides is 2. The Morgan fingerprint density at radius 1 is 0.686 bits per heavy atom. The quantitative estimate of drug-likeness (QED) is 0.319. The number of benzene rings is 4. The maximum absolute atomic E-state index is 13.7. The minimum absolute atomic E-state index is 0.130. The first-order valence-electron chi connectivity index (χ1n) is 11.5. The molecule has 0 aliphatic heterocycles. The van der Waals surface area contributed by atoms with E-state index in [-0.39, 0.29) is 24.8 Å². The number of halogens is 1. The Morgan fingerprint density at radius 2 is 1.23 bits per heavy atom. The number of hydrogen-bond acceptors (Lipinski definition) is 2. The van der Waals surface area contributed by atoms with Gasteiger partial charge in [-0.2, -0.15) is 0 Å². The van der Waals surface area contributed by atoms with E-state index in [0.29, 0.717) is 11.6 Å². The Hall–Kier alpha value is -3.89. The van der Waals surface area contributed by atoms with Crippen molar-refractivity contribution in [3.8, 4) is 0 Å². The molecule has 0 unspecified atom stereocenters. The van der Waals surface area contributed by atoms with Gasteiger partial charge in [0.15, 0.2) is 0 Å². The van der Waals surface area contributed by atoms with E-state index >= 15 is 0 Å². The van der Waals surface area contributed by atoms with Gasteiger partial charge < -0.3 is 10.2 Å². The normalized spacial score (nSPS) is 11.5. The predicted octanol–water partition coefficient (Wildman–Crippen LogP) is 5.97. The molecule has 1 N–H and O–H groups in total. The zero-order valence-electron chi connectivity index (χ0n) is 19.3. The molecule has 4 aromatic carbocycles. The highest BCUT2D eigenvalue weighted by Crippen LogP contribution is 2.25. The van der Waals surface area contributed by atoms with Crippen molar-refractivity contribution in [1.29, 1.82) is 0 Å². The van der Waals surface area contributed by atoms with Gasteiger partial charge in [0.1, 0.15) is 6.04 Å². The summed E-state index contributed by atoms with van der Waals surface area (Å²) in [4.78, 5) is 29.0. The zero-order chi connectivity index (χ0) is 24.5. The van der Waals surface area contributed by atoms with Crippen molar-refractivity contribution in [2.24, 2.45) is 0 Å². The molecule has 0 aliphatic rings. The lowest BCUT2D eigenvalue weighted by molar-refractivity contribution is -0.141. The Labute approximate surface area is 211 Å². The van der Waals surface area contributed by atoms with Gasteiger partial charge in [-0.15, -0.1) is 0 Å². The SMILES string of the molecule is O=C(NCc1ccccc1)[C@H](c1ccccc1)N(Cc1ccc(Cl)cc1)C(=O)Cc1ccccc1. The van der Waals surface area contributed by atoms with Gasteiger partial charge in [0.05, 0.1) is 6.42 Å². The van der Waals surface area contributed by atoms with Crippen LogP contribution < -0.4 is 5.32 Å². The Morgan fingerprint density at radius 3 is 1.83 bits per heavy atom. The lowest BCUT2D eigenvalue weighted by atomic mass is 10.0. The van der Waals surface area contributed by atoms with Crippen LogP contribution >= 0.6 is 11.6 Å². The highest BCUT2D eigenvalue weighted by molar-refractivity contribution is 6.30. The van der Waals surface area contributed by atoms with Crippen LogP contribution in [-0.4, -0.2) is 16.7 Å². The third-order valence-corrected chi connectivity index (χ3v) is 6.02. The highest BCUT2D eigenvalue weighted by Gasteiger charge is 2.31. The predicted molar refractivity (Wildman–Crippen MR) is 140 cm³/mol. The summed E-state index contributed by atoms with van der Waals surface area (Å²) in [6, 6.07) is 35.3. The first-order chi connectivity index (χ1) is 17.1. The van der Waals surface area contributed by atoms with Crippen molar-refractivity contribution in [3.63, 3.8) is 0 Å². The molecule has 0 radical (unpaired) electrons. The van der Waals surface area contributed by atoms with Crippen LogP contribution in [0.5, 0.6) is 0 Å². The molecule has 5 heteroatoms. The lowest BCUT2D eigenvalue weighted by Gasteiger charge is -2.32. The van der Waals surface area contributed by atoms with Crippen LogP contribution in [-0.2, 0) is 29.1 Å². The smallest absolute Gasteiger partial charge is 0.247 e. The average molecular weight is 483 g/mol. The molecule has 176 valence electrons. The third kappa shape index (κ3) is 6.81. The van der Waals surface area contributed by atoms with E-state index < -0.39 is 6.04 Å². The number of carbonyl (C=O) groups is 2. The zero-order valence-corrected chi connectivity index (χ0v) is 20.1. The third-order valence-electron chi connectivity index (χ3n) is 5.77. The van der Waals surface area contributed by atoms with E-state index in [4.69, 9.17) is 11.6 Å². The Balaban J connectivity index is 1.66. The van der Waals surface area contributed by atoms with Gasteiger partial charge >= 0.3 is 0 Å². The molecule has 0 saturated heterocycles. The van der Waals surface area contributed by atoms with Gasteiger partial charge in [0.2, 0.25) is 11.8 Å². The van der Waals surface area contributed by atoms with Gasteiger partial charge in [-0.25, -0.2) is 0 Å². The molecule has 0 fully saturated rings. The Bertz CT molecular complexity index is 1230. The highest BCUT2D eigenvalue weighted by atomic mass is 35.5. The minimum atomic E-state index is -0.785. The van der Waals surface area contributed by atoms with Crippen molar-refractivity contribution in [2.75, 3.05) is 0 Å². The van der Waals surface area contributed by atoms with Gasteiger partial charge in [0, 0.05) is 18.1 Å². The molecule has 4 nitrogen and oxygen atoms in total. The molecule has 4 rings (SSSR count). The number of carbonyl (C=O) groups excluding carboxylic acids is 2. The molecule has 0 aromatic heterocycles. The number of nitrogens with one attached hydrogen (secondary N) is 1. The van der Waals surface area contributed by atoms with Gasteiger partial charge in [0.25, 0.3) is 0 Å². The summed E-state index contributed by atoms with van der Waals surface area (Å²) in [7, 11) is 0. The maximum atomic E-state index is 13.7. The van der Waals surface area contributed by atoms with Gasteiger partial charge in [-0.05, 0) is 34.4 Å². The van der Waals surface area contributed by atoms with Crippen molar-refractivity contribution in [1.82, 2.24) is 10.2 Å². The van der Waals surface area contributed by atoms with Crippen molar-refractivity contribution in [2.45, 2.75) is 25.6 Å².